The third-order valence-electron chi connectivity index (χ3n) is 4.71. The number of amides is 1. The topological polar surface area (TPSA) is 105 Å². The summed E-state index contributed by atoms with van der Waals surface area (Å²) in [6.45, 7) is 3.00. The first-order chi connectivity index (χ1) is 13.0. The number of aliphatic carboxylic acids is 1. The van der Waals surface area contributed by atoms with E-state index in [1.165, 1.54) is 0 Å². The predicted octanol–water partition coefficient (Wildman–Crippen LogP) is 1.38. The van der Waals surface area contributed by atoms with Gasteiger partial charge in [0.2, 0.25) is 0 Å². The zero-order valence-electron chi connectivity index (χ0n) is 15.8. The Kier molecular flexibility index (Phi) is 10.5. The molecule has 29 heavy (non-hydrogen) atoms. The molecule has 2 aliphatic rings. The molecule has 0 spiro atoms. The first kappa shape index (κ1) is 25.7. The van der Waals surface area contributed by atoms with Crippen molar-refractivity contribution in [3.05, 3.63) is 28.8 Å². The second-order valence-electron chi connectivity index (χ2n) is 6.88. The molecule has 2 saturated heterocycles. The lowest BCUT2D eigenvalue weighted by molar-refractivity contribution is -0.138. The highest BCUT2D eigenvalue weighted by Crippen LogP contribution is 2.28. The van der Waals surface area contributed by atoms with Gasteiger partial charge in [-0.25, -0.2) is 0 Å². The molecule has 0 aromatic heterocycles. The van der Waals surface area contributed by atoms with Gasteiger partial charge >= 0.3 is 5.97 Å². The Morgan fingerprint density at radius 3 is 2.69 bits per heavy atom. The van der Waals surface area contributed by atoms with Gasteiger partial charge in [-0.3, -0.25) is 14.5 Å². The van der Waals surface area contributed by atoms with Crippen molar-refractivity contribution >= 4 is 48.3 Å². The van der Waals surface area contributed by atoms with E-state index >= 15 is 0 Å². The van der Waals surface area contributed by atoms with Gasteiger partial charge in [0.15, 0.2) is 0 Å². The van der Waals surface area contributed by atoms with E-state index in [4.69, 9.17) is 31.9 Å². The molecule has 1 aromatic rings. The van der Waals surface area contributed by atoms with Crippen molar-refractivity contribution in [2.45, 2.75) is 6.04 Å². The number of carbonyl (C=O) groups excluding carboxylic acids is 1. The van der Waals surface area contributed by atoms with E-state index < -0.39 is 5.97 Å². The molecular weight excluding hydrogens is 445 g/mol. The normalized spacial score (nSPS) is 21.4. The largest absolute Gasteiger partial charge is 0.491 e. The number of carboxylic acid groups (broad SMARTS) is 1. The number of carbonyl (C=O) groups is 2. The van der Waals surface area contributed by atoms with Crippen molar-refractivity contribution in [3.63, 3.8) is 0 Å². The van der Waals surface area contributed by atoms with E-state index in [-0.39, 0.29) is 49.2 Å². The van der Waals surface area contributed by atoms with Crippen LogP contribution in [0.1, 0.15) is 10.4 Å². The predicted molar refractivity (Wildman–Crippen MR) is 114 cm³/mol. The highest BCUT2D eigenvalue weighted by atomic mass is 35.5. The maximum atomic E-state index is 13.3. The first-order valence-corrected chi connectivity index (χ1v) is 9.31. The molecule has 0 radical (unpaired) electrons. The van der Waals surface area contributed by atoms with Gasteiger partial charge in [0, 0.05) is 37.1 Å². The number of hydrogen-bond donors (Lipinski definition) is 2. The summed E-state index contributed by atoms with van der Waals surface area (Å²) in [4.78, 5) is 28.1. The van der Waals surface area contributed by atoms with E-state index in [0.717, 1.165) is 0 Å². The Hall–Kier alpha value is -1.29. The van der Waals surface area contributed by atoms with E-state index in [9.17, 15) is 9.59 Å². The summed E-state index contributed by atoms with van der Waals surface area (Å²) in [6, 6.07) is 4.71. The summed E-state index contributed by atoms with van der Waals surface area (Å²) in [6.07, 6.45) is 0. The Morgan fingerprint density at radius 2 is 2.00 bits per heavy atom. The Bertz CT molecular complexity index is 709. The van der Waals surface area contributed by atoms with Crippen LogP contribution in [-0.4, -0.2) is 85.4 Å². The van der Waals surface area contributed by atoms with Gasteiger partial charge in [0.1, 0.15) is 12.4 Å². The average molecular weight is 471 g/mol. The smallest absolute Gasteiger partial charge is 0.317 e. The van der Waals surface area contributed by atoms with E-state index in [1.54, 1.807) is 23.1 Å². The number of carboxylic acids is 1. The van der Waals surface area contributed by atoms with Crippen LogP contribution < -0.4 is 10.5 Å². The molecule has 3 rings (SSSR count). The van der Waals surface area contributed by atoms with Crippen LogP contribution in [0.3, 0.4) is 0 Å². The quantitative estimate of drug-likeness (QED) is 0.647. The van der Waals surface area contributed by atoms with Crippen LogP contribution >= 0.6 is 36.4 Å². The fourth-order valence-corrected chi connectivity index (χ4v) is 3.80. The summed E-state index contributed by atoms with van der Waals surface area (Å²) >= 11 is 6.11. The molecule has 2 heterocycles. The van der Waals surface area contributed by atoms with Gasteiger partial charge in [-0.2, -0.15) is 0 Å². The van der Waals surface area contributed by atoms with Gasteiger partial charge in [0.05, 0.1) is 31.4 Å². The van der Waals surface area contributed by atoms with Crippen molar-refractivity contribution in [1.82, 2.24) is 9.80 Å². The number of hydrogen-bond acceptors (Lipinski definition) is 6. The molecule has 2 atom stereocenters. The highest BCUT2D eigenvalue weighted by molar-refractivity contribution is 6.31. The molecule has 3 N–H and O–H groups in total. The minimum atomic E-state index is -0.874. The third-order valence-corrected chi connectivity index (χ3v) is 4.95. The van der Waals surface area contributed by atoms with Crippen LogP contribution in [0.25, 0.3) is 0 Å². The van der Waals surface area contributed by atoms with Gasteiger partial charge < -0.3 is 25.2 Å². The van der Waals surface area contributed by atoms with Gasteiger partial charge in [-0.05, 0) is 18.2 Å². The summed E-state index contributed by atoms with van der Waals surface area (Å²) in [5.74, 6) is -0.575. The zero-order valence-corrected chi connectivity index (χ0v) is 18.2. The van der Waals surface area contributed by atoms with Gasteiger partial charge in [-0.1, -0.05) is 11.6 Å². The van der Waals surface area contributed by atoms with Crippen LogP contribution in [0.4, 0.5) is 0 Å². The molecule has 0 aliphatic carbocycles. The first-order valence-electron chi connectivity index (χ1n) is 8.93. The summed E-state index contributed by atoms with van der Waals surface area (Å²) < 4.78 is 11.3. The van der Waals surface area contributed by atoms with Crippen LogP contribution in [0, 0.1) is 5.92 Å². The van der Waals surface area contributed by atoms with Crippen molar-refractivity contribution in [1.29, 1.82) is 0 Å². The average Bonchev–Trinajstić information content (AvgIpc) is 2.90. The molecule has 8 nitrogen and oxygen atoms in total. The number of benzene rings is 1. The molecule has 1 aromatic carbocycles. The highest BCUT2D eigenvalue weighted by Gasteiger charge is 2.37. The van der Waals surface area contributed by atoms with Gasteiger partial charge in [0.25, 0.3) is 5.91 Å². The van der Waals surface area contributed by atoms with E-state index in [1.807, 2.05) is 4.90 Å². The molecule has 0 unspecified atom stereocenters. The minimum Gasteiger partial charge on any atom is -0.491 e. The van der Waals surface area contributed by atoms with Crippen molar-refractivity contribution in [2.24, 2.45) is 11.7 Å². The van der Waals surface area contributed by atoms with Crippen LogP contribution in [0.2, 0.25) is 5.02 Å². The standard InChI is InChI=1S/C18H24ClN3O5.2ClH/c19-13-1-2-16(27-4-3-20)15(5-13)18(25)22-7-12-6-21(9-17(23)24)8-14(22)11-26-10-12;;/h1-2,5,12,14H,3-4,6-11,20H2,(H,23,24);2*1H/t12-,14-;;/m0../s1. The molecule has 164 valence electrons. The zero-order chi connectivity index (χ0) is 19.4. The van der Waals surface area contributed by atoms with Crippen molar-refractivity contribution < 1.29 is 24.2 Å². The lowest BCUT2D eigenvalue weighted by Crippen LogP contribution is -2.47. The molecule has 2 bridgehead atoms. The Morgan fingerprint density at radius 1 is 1.24 bits per heavy atom. The summed E-state index contributed by atoms with van der Waals surface area (Å²) in [5, 5.41) is 9.57. The maximum absolute atomic E-state index is 13.3. The third kappa shape index (κ3) is 6.60. The lowest BCUT2D eigenvalue weighted by atomic mass is 10.1. The Labute approximate surface area is 187 Å². The number of rotatable bonds is 6. The lowest BCUT2D eigenvalue weighted by Gasteiger charge is -2.31. The summed E-state index contributed by atoms with van der Waals surface area (Å²) in [5.41, 5.74) is 5.89. The monoisotopic (exact) mass is 469 g/mol. The fourth-order valence-electron chi connectivity index (χ4n) is 3.63. The van der Waals surface area contributed by atoms with Gasteiger partial charge in [-0.15, -0.1) is 24.8 Å². The van der Waals surface area contributed by atoms with Crippen molar-refractivity contribution in [2.75, 3.05) is 52.5 Å². The molecule has 2 fully saturated rings. The molecule has 11 heteroatoms. The maximum Gasteiger partial charge on any atom is 0.317 e. The number of ether oxygens (including phenoxy) is 2. The van der Waals surface area contributed by atoms with Crippen LogP contribution in [-0.2, 0) is 9.53 Å². The number of halogens is 3. The van der Waals surface area contributed by atoms with E-state index in [0.29, 0.717) is 62.3 Å². The van der Waals surface area contributed by atoms with E-state index in [2.05, 4.69) is 0 Å². The molecule has 1 amide bonds. The SMILES string of the molecule is Cl.Cl.NCCOc1ccc(Cl)cc1C(=O)N1C[C@H]2COC[C@@H]1CN(CC(=O)O)C2. The molecule has 0 saturated carbocycles. The fraction of sp³-hybridized carbons (Fsp3) is 0.556. The van der Waals surface area contributed by atoms with Crippen LogP contribution in [0.5, 0.6) is 5.75 Å². The van der Waals surface area contributed by atoms with Crippen LogP contribution in [0.15, 0.2) is 18.2 Å². The molecular formula is C18H26Cl3N3O5. The number of fused-ring (bicyclic) bond motifs is 3. The molecule has 2 aliphatic heterocycles. The second kappa shape index (κ2) is 11.8. The van der Waals surface area contributed by atoms with Crippen molar-refractivity contribution in [3.8, 4) is 5.75 Å². The minimum absolute atomic E-state index is 0. The number of nitrogens with zero attached hydrogens (tertiary/aromatic N) is 2. The second-order valence-corrected chi connectivity index (χ2v) is 7.32. The Balaban J connectivity index is 0.00000210. The number of nitrogens with two attached hydrogens (primary N) is 1. The summed E-state index contributed by atoms with van der Waals surface area (Å²) in [7, 11) is 0.